The highest BCUT2D eigenvalue weighted by atomic mass is 16.5. The second-order valence-corrected chi connectivity index (χ2v) is 5.68. The van der Waals surface area contributed by atoms with E-state index in [1.807, 2.05) is 0 Å². The number of anilines is 2. The molecule has 1 amide bonds. The predicted molar refractivity (Wildman–Crippen MR) is 97.2 cm³/mol. The Hall–Kier alpha value is -3.55. The van der Waals surface area contributed by atoms with Gasteiger partial charge in [-0.15, -0.1) is 0 Å². The molecule has 27 heavy (non-hydrogen) atoms. The average molecular weight is 370 g/mol. The van der Waals surface area contributed by atoms with Crippen molar-refractivity contribution < 1.29 is 28.6 Å². The number of amides is 1. The van der Waals surface area contributed by atoms with Gasteiger partial charge in [-0.25, -0.2) is 9.59 Å². The number of fused-ring (bicyclic) bond motifs is 1. The third-order valence-electron chi connectivity index (χ3n) is 4.19. The van der Waals surface area contributed by atoms with Gasteiger partial charge in [0.05, 0.1) is 25.5 Å². The SMILES string of the molecule is COC(=O)C1=C(C(=O)OC)N(c2cccc3c2N(C)C(=O)CO3)C=CC=C1. The van der Waals surface area contributed by atoms with Gasteiger partial charge in [-0.3, -0.25) is 4.79 Å². The molecule has 140 valence electrons. The fourth-order valence-corrected chi connectivity index (χ4v) is 2.87. The molecule has 2 aliphatic rings. The zero-order valence-electron chi connectivity index (χ0n) is 15.1. The summed E-state index contributed by atoms with van der Waals surface area (Å²) in [5.74, 6) is -1.16. The van der Waals surface area contributed by atoms with Crippen LogP contribution in [0.3, 0.4) is 0 Å². The molecule has 0 saturated heterocycles. The van der Waals surface area contributed by atoms with Crippen molar-refractivity contribution in [3.05, 3.63) is 53.9 Å². The van der Waals surface area contributed by atoms with Crippen LogP contribution in [-0.2, 0) is 23.9 Å². The van der Waals surface area contributed by atoms with Crippen molar-refractivity contribution in [1.29, 1.82) is 0 Å². The average Bonchev–Trinajstić information content (AvgIpc) is 2.92. The molecule has 0 spiro atoms. The Labute approximate surface area is 155 Å². The van der Waals surface area contributed by atoms with Crippen LogP contribution in [0.4, 0.5) is 11.4 Å². The zero-order chi connectivity index (χ0) is 19.6. The van der Waals surface area contributed by atoms with Crippen molar-refractivity contribution in [3.8, 4) is 5.75 Å². The summed E-state index contributed by atoms with van der Waals surface area (Å²) in [4.78, 5) is 39.8. The van der Waals surface area contributed by atoms with Crippen LogP contribution in [0.5, 0.6) is 5.75 Å². The molecular weight excluding hydrogens is 352 g/mol. The van der Waals surface area contributed by atoms with E-state index in [4.69, 9.17) is 14.2 Å². The minimum atomic E-state index is -0.727. The van der Waals surface area contributed by atoms with E-state index in [0.717, 1.165) is 0 Å². The fourth-order valence-electron chi connectivity index (χ4n) is 2.87. The van der Waals surface area contributed by atoms with Gasteiger partial charge < -0.3 is 24.0 Å². The van der Waals surface area contributed by atoms with Gasteiger partial charge in [0, 0.05) is 13.2 Å². The number of methoxy groups -OCH3 is 2. The van der Waals surface area contributed by atoms with E-state index in [0.29, 0.717) is 17.1 Å². The number of carbonyl (C=O) groups is 3. The third kappa shape index (κ3) is 3.17. The molecule has 8 nitrogen and oxygen atoms in total. The number of benzene rings is 1. The Balaban J connectivity index is 2.25. The summed E-state index contributed by atoms with van der Waals surface area (Å²) >= 11 is 0. The van der Waals surface area contributed by atoms with Crippen LogP contribution in [0.2, 0.25) is 0 Å². The van der Waals surface area contributed by atoms with Gasteiger partial charge in [-0.05, 0) is 24.3 Å². The second-order valence-electron chi connectivity index (χ2n) is 5.68. The maximum Gasteiger partial charge on any atom is 0.355 e. The van der Waals surface area contributed by atoms with Crippen molar-refractivity contribution in [2.24, 2.45) is 0 Å². The Bertz CT molecular complexity index is 899. The van der Waals surface area contributed by atoms with Gasteiger partial charge in [0.2, 0.25) is 0 Å². The fraction of sp³-hybridized carbons (Fsp3) is 0.211. The molecule has 2 heterocycles. The molecule has 8 heteroatoms. The topological polar surface area (TPSA) is 85.4 Å². The van der Waals surface area contributed by atoms with Crippen molar-refractivity contribution in [2.75, 3.05) is 37.7 Å². The van der Waals surface area contributed by atoms with Crippen LogP contribution in [0.25, 0.3) is 0 Å². The van der Waals surface area contributed by atoms with Crippen molar-refractivity contribution >= 4 is 29.2 Å². The van der Waals surface area contributed by atoms with Crippen LogP contribution in [0, 0.1) is 0 Å². The lowest BCUT2D eigenvalue weighted by atomic mass is 10.1. The van der Waals surface area contributed by atoms with E-state index < -0.39 is 11.9 Å². The maximum absolute atomic E-state index is 12.5. The molecule has 0 atom stereocenters. The summed E-state index contributed by atoms with van der Waals surface area (Å²) < 4.78 is 15.2. The van der Waals surface area contributed by atoms with Gasteiger partial charge in [-0.2, -0.15) is 0 Å². The molecule has 0 fully saturated rings. The summed E-state index contributed by atoms with van der Waals surface area (Å²) in [6.07, 6.45) is 6.33. The highest BCUT2D eigenvalue weighted by molar-refractivity contribution is 6.08. The van der Waals surface area contributed by atoms with Gasteiger partial charge in [0.25, 0.3) is 5.91 Å². The van der Waals surface area contributed by atoms with Crippen LogP contribution in [-0.4, -0.2) is 45.7 Å². The van der Waals surface area contributed by atoms with Crippen LogP contribution < -0.4 is 14.5 Å². The third-order valence-corrected chi connectivity index (χ3v) is 4.19. The molecule has 1 aromatic carbocycles. The van der Waals surface area contributed by atoms with Gasteiger partial charge in [-0.1, -0.05) is 12.1 Å². The highest BCUT2D eigenvalue weighted by Crippen LogP contribution is 2.42. The first-order valence-electron chi connectivity index (χ1n) is 8.07. The molecule has 0 aliphatic carbocycles. The number of rotatable bonds is 3. The second kappa shape index (κ2) is 7.36. The lowest BCUT2D eigenvalue weighted by Gasteiger charge is -2.32. The number of para-hydroxylation sites is 1. The number of allylic oxidation sites excluding steroid dienone is 2. The molecule has 0 N–H and O–H groups in total. The predicted octanol–water partition coefficient (Wildman–Crippen LogP) is 1.53. The first kappa shape index (κ1) is 18.2. The number of esters is 2. The van der Waals surface area contributed by atoms with E-state index in [-0.39, 0.29) is 23.8 Å². The Morgan fingerprint density at radius 2 is 1.85 bits per heavy atom. The summed E-state index contributed by atoms with van der Waals surface area (Å²) in [6.45, 7) is -0.0720. The minimum Gasteiger partial charge on any atom is -0.481 e. The molecular formula is C19H18N2O6. The number of hydrogen-bond acceptors (Lipinski definition) is 7. The monoisotopic (exact) mass is 370 g/mol. The van der Waals surface area contributed by atoms with E-state index in [1.54, 1.807) is 43.6 Å². The first-order valence-corrected chi connectivity index (χ1v) is 8.07. The van der Waals surface area contributed by atoms with E-state index in [1.165, 1.54) is 30.1 Å². The quantitative estimate of drug-likeness (QED) is 0.746. The molecule has 0 aromatic heterocycles. The van der Waals surface area contributed by atoms with Crippen molar-refractivity contribution in [2.45, 2.75) is 0 Å². The van der Waals surface area contributed by atoms with Crippen LogP contribution in [0.15, 0.2) is 53.9 Å². The normalized spacial score (nSPS) is 15.9. The number of carbonyl (C=O) groups excluding carboxylic acids is 3. The molecule has 0 bridgehead atoms. The van der Waals surface area contributed by atoms with E-state index >= 15 is 0 Å². The van der Waals surface area contributed by atoms with Gasteiger partial charge in [0.15, 0.2) is 6.61 Å². The lowest BCUT2D eigenvalue weighted by Crippen LogP contribution is -2.37. The van der Waals surface area contributed by atoms with Crippen molar-refractivity contribution in [3.63, 3.8) is 0 Å². The van der Waals surface area contributed by atoms with E-state index in [2.05, 4.69) is 0 Å². The standard InChI is InChI=1S/C19H18N2O6/c1-20-15(22)11-27-14-9-6-8-13(17(14)20)21-10-5-4-7-12(18(23)25-2)16(21)19(24)26-3/h4-10H,11H2,1-3H3. The first-order chi connectivity index (χ1) is 13.0. The minimum absolute atomic E-state index is 0.0256. The Kier molecular flexibility index (Phi) is 4.98. The summed E-state index contributed by atoms with van der Waals surface area (Å²) in [7, 11) is 4.07. The molecule has 0 radical (unpaired) electrons. The molecule has 0 saturated carbocycles. The maximum atomic E-state index is 12.5. The number of nitrogens with zero attached hydrogens (tertiary/aromatic N) is 2. The van der Waals surface area contributed by atoms with Gasteiger partial charge >= 0.3 is 11.9 Å². The van der Waals surface area contributed by atoms with Crippen LogP contribution in [0.1, 0.15) is 0 Å². The van der Waals surface area contributed by atoms with Crippen LogP contribution >= 0.6 is 0 Å². The molecule has 1 aromatic rings. The van der Waals surface area contributed by atoms with Gasteiger partial charge in [0.1, 0.15) is 17.1 Å². The highest BCUT2D eigenvalue weighted by Gasteiger charge is 2.32. The van der Waals surface area contributed by atoms with Crippen molar-refractivity contribution in [1.82, 2.24) is 0 Å². The lowest BCUT2D eigenvalue weighted by molar-refractivity contribution is -0.139. The Morgan fingerprint density at radius 3 is 2.56 bits per heavy atom. The Morgan fingerprint density at radius 1 is 1.11 bits per heavy atom. The molecule has 0 unspecified atom stereocenters. The number of hydrogen-bond donors (Lipinski definition) is 0. The summed E-state index contributed by atoms with van der Waals surface area (Å²) in [5, 5.41) is 0. The zero-order valence-corrected chi connectivity index (χ0v) is 15.1. The molecule has 2 aliphatic heterocycles. The molecule has 3 rings (SSSR count). The summed E-state index contributed by atoms with van der Waals surface area (Å²) in [5.41, 5.74) is 0.947. The van der Waals surface area contributed by atoms with E-state index in [9.17, 15) is 14.4 Å². The smallest absolute Gasteiger partial charge is 0.355 e. The summed E-state index contributed by atoms with van der Waals surface area (Å²) in [6, 6.07) is 5.17. The number of ether oxygens (including phenoxy) is 3. The number of likely N-dealkylation sites (N-methyl/N-ethyl adjacent to an activating group) is 1. The largest absolute Gasteiger partial charge is 0.481 e.